The number of hydrogen-bond donors (Lipinski definition) is 1. The largest absolute Gasteiger partial charge is 0.376 e. The average molecular weight is 381 g/mol. The molecule has 1 unspecified atom stereocenters. The lowest BCUT2D eigenvalue weighted by Gasteiger charge is -2.34. The fourth-order valence-electron chi connectivity index (χ4n) is 3.42. The van der Waals surface area contributed by atoms with Gasteiger partial charge in [0.1, 0.15) is 0 Å². The van der Waals surface area contributed by atoms with E-state index >= 15 is 0 Å². The molecule has 0 saturated carbocycles. The Kier molecular flexibility index (Phi) is 7.28. The van der Waals surface area contributed by atoms with Gasteiger partial charge in [-0.2, -0.15) is 0 Å². The molecule has 1 aromatic heterocycles. The van der Waals surface area contributed by atoms with E-state index in [1.54, 1.807) is 11.3 Å². The Hall–Kier alpha value is -1.18. The molecule has 0 radical (unpaired) electrons. The van der Waals surface area contributed by atoms with E-state index in [4.69, 9.17) is 9.47 Å². The normalized spacial score (nSPS) is 22.4. The minimum absolute atomic E-state index is 0.316. The van der Waals surface area contributed by atoms with Crippen molar-refractivity contribution < 1.29 is 9.47 Å². The van der Waals surface area contributed by atoms with Crippen LogP contribution in [-0.2, 0) is 16.0 Å². The number of nitrogens with one attached hydrogen (secondary N) is 1. The summed E-state index contributed by atoms with van der Waals surface area (Å²) in [6.45, 7) is 8.69. The lowest BCUT2D eigenvalue weighted by atomic mass is 10.1. The van der Waals surface area contributed by atoms with Gasteiger partial charge in [-0.1, -0.05) is 13.8 Å². The summed E-state index contributed by atoms with van der Waals surface area (Å²) in [6, 6.07) is 0. The zero-order chi connectivity index (χ0) is 18.4. The lowest BCUT2D eigenvalue weighted by molar-refractivity contribution is -0.0367. The highest BCUT2D eigenvalue weighted by Crippen LogP contribution is 2.20. The van der Waals surface area contributed by atoms with Crippen LogP contribution in [0.2, 0.25) is 0 Å². The number of ether oxygens (including phenoxy) is 2. The maximum absolute atomic E-state index is 6.06. The zero-order valence-corrected chi connectivity index (χ0v) is 17.1. The van der Waals surface area contributed by atoms with Crippen LogP contribution in [0.4, 0.5) is 0 Å². The van der Waals surface area contributed by atoms with Crippen molar-refractivity contribution in [3.8, 4) is 0 Å². The summed E-state index contributed by atoms with van der Waals surface area (Å²) < 4.78 is 11.7. The molecule has 0 bridgehead atoms. The lowest BCUT2D eigenvalue weighted by Crippen LogP contribution is -2.47. The van der Waals surface area contributed by atoms with E-state index in [-0.39, 0.29) is 0 Å². The molecule has 0 amide bonds. The van der Waals surface area contributed by atoms with Crippen molar-refractivity contribution in [2.24, 2.45) is 4.99 Å². The fraction of sp³-hybridized carbons (Fsp3) is 0.789. The molecule has 146 valence electrons. The van der Waals surface area contributed by atoms with Crippen LogP contribution in [0, 0.1) is 0 Å². The van der Waals surface area contributed by atoms with Gasteiger partial charge < -0.3 is 19.7 Å². The van der Waals surface area contributed by atoms with Crippen molar-refractivity contribution in [1.29, 1.82) is 0 Å². The molecule has 0 aliphatic carbocycles. The van der Waals surface area contributed by atoms with E-state index in [1.807, 2.05) is 7.05 Å². The highest BCUT2D eigenvalue weighted by molar-refractivity contribution is 7.09. The van der Waals surface area contributed by atoms with Gasteiger partial charge in [0.2, 0.25) is 0 Å². The molecule has 7 heteroatoms. The van der Waals surface area contributed by atoms with Crippen LogP contribution in [0.15, 0.2) is 10.4 Å². The fourth-order valence-corrected chi connectivity index (χ4v) is 4.26. The second kappa shape index (κ2) is 9.67. The smallest absolute Gasteiger partial charge is 0.193 e. The minimum atomic E-state index is 0.316. The van der Waals surface area contributed by atoms with Crippen molar-refractivity contribution in [2.75, 3.05) is 33.4 Å². The molecular weight excluding hydrogens is 348 g/mol. The number of aliphatic imine (C=N–C) groups is 1. The molecule has 26 heavy (non-hydrogen) atoms. The van der Waals surface area contributed by atoms with Crippen LogP contribution >= 0.6 is 11.3 Å². The van der Waals surface area contributed by atoms with Gasteiger partial charge in [-0.25, -0.2) is 4.98 Å². The standard InChI is InChI=1S/C19H32N4O2S/c1-14(2)18-22-15(13-26-18)11-21-19(20-3)23-8-6-16(7-9-23)25-12-17-5-4-10-24-17/h13-14,16-17H,4-12H2,1-3H3,(H,20,21). The Balaban J connectivity index is 1.40. The Morgan fingerprint density at radius 3 is 2.85 bits per heavy atom. The molecule has 2 fully saturated rings. The maximum atomic E-state index is 6.06. The first-order chi connectivity index (χ1) is 12.7. The Bertz CT molecular complexity index is 576. The number of rotatable bonds is 6. The monoisotopic (exact) mass is 380 g/mol. The SMILES string of the molecule is CN=C(NCc1csc(C(C)C)n1)N1CCC(OCC2CCCO2)CC1. The third-order valence-electron chi connectivity index (χ3n) is 4.99. The molecule has 2 aliphatic rings. The van der Waals surface area contributed by atoms with Crippen molar-refractivity contribution in [2.45, 2.75) is 64.2 Å². The third-order valence-corrected chi connectivity index (χ3v) is 6.18. The number of nitrogens with zero attached hydrogens (tertiary/aromatic N) is 3. The Morgan fingerprint density at radius 1 is 1.42 bits per heavy atom. The van der Waals surface area contributed by atoms with Gasteiger partial charge in [-0.3, -0.25) is 4.99 Å². The highest BCUT2D eigenvalue weighted by atomic mass is 32.1. The van der Waals surface area contributed by atoms with E-state index in [0.29, 0.717) is 18.1 Å². The van der Waals surface area contributed by atoms with Gasteiger partial charge in [0.05, 0.1) is 36.1 Å². The molecule has 6 nitrogen and oxygen atoms in total. The topological polar surface area (TPSA) is 59.0 Å². The molecule has 1 N–H and O–H groups in total. The molecular formula is C19H32N4O2S. The number of guanidine groups is 1. The maximum Gasteiger partial charge on any atom is 0.193 e. The van der Waals surface area contributed by atoms with Crippen LogP contribution in [-0.4, -0.2) is 61.4 Å². The van der Waals surface area contributed by atoms with E-state index in [1.165, 1.54) is 11.4 Å². The Morgan fingerprint density at radius 2 is 2.23 bits per heavy atom. The van der Waals surface area contributed by atoms with Crippen LogP contribution in [0.25, 0.3) is 0 Å². The quantitative estimate of drug-likeness (QED) is 0.607. The van der Waals surface area contributed by atoms with Gasteiger partial charge in [-0.05, 0) is 25.7 Å². The molecule has 3 rings (SSSR count). The van der Waals surface area contributed by atoms with Gasteiger partial charge >= 0.3 is 0 Å². The molecule has 2 aliphatic heterocycles. The number of thiazole rings is 1. The van der Waals surface area contributed by atoms with Crippen molar-refractivity contribution in [3.05, 3.63) is 16.1 Å². The molecule has 1 aromatic rings. The van der Waals surface area contributed by atoms with Gasteiger partial charge in [0, 0.05) is 38.0 Å². The first-order valence-electron chi connectivity index (χ1n) is 9.78. The summed E-state index contributed by atoms with van der Waals surface area (Å²) in [5.41, 5.74) is 1.09. The van der Waals surface area contributed by atoms with Crippen molar-refractivity contribution in [1.82, 2.24) is 15.2 Å². The van der Waals surface area contributed by atoms with Crippen LogP contribution < -0.4 is 5.32 Å². The van der Waals surface area contributed by atoms with Gasteiger partial charge in [0.25, 0.3) is 0 Å². The molecule has 2 saturated heterocycles. The van der Waals surface area contributed by atoms with Crippen LogP contribution in [0.3, 0.4) is 0 Å². The number of likely N-dealkylation sites (tertiary alicyclic amines) is 1. The number of aromatic nitrogens is 1. The molecule has 0 spiro atoms. The minimum Gasteiger partial charge on any atom is -0.376 e. The number of piperidine rings is 1. The predicted molar refractivity (Wildman–Crippen MR) is 106 cm³/mol. The average Bonchev–Trinajstić information content (AvgIpc) is 3.33. The summed E-state index contributed by atoms with van der Waals surface area (Å²) in [7, 11) is 1.85. The van der Waals surface area contributed by atoms with Crippen LogP contribution in [0.1, 0.15) is 56.2 Å². The summed E-state index contributed by atoms with van der Waals surface area (Å²) in [6.07, 6.45) is 5.07. The van der Waals surface area contributed by atoms with E-state index < -0.39 is 0 Å². The first-order valence-corrected chi connectivity index (χ1v) is 10.7. The second-order valence-corrected chi connectivity index (χ2v) is 8.28. The zero-order valence-electron chi connectivity index (χ0n) is 16.2. The predicted octanol–water partition coefficient (Wildman–Crippen LogP) is 3.00. The molecule has 1 atom stereocenters. The first kappa shape index (κ1) is 19.6. The van der Waals surface area contributed by atoms with E-state index in [2.05, 4.69) is 39.4 Å². The summed E-state index contributed by atoms with van der Waals surface area (Å²) in [5.74, 6) is 1.45. The summed E-state index contributed by atoms with van der Waals surface area (Å²) in [5, 5.41) is 6.79. The van der Waals surface area contributed by atoms with Gasteiger partial charge in [-0.15, -0.1) is 11.3 Å². The third kappa shape index (κ3) is 5.41. The molecule has 0 aromatic carbocycles. The second-order valence-electron chi connectivity index (χ2n) is 7.39. The van der Waals surface area contributed by atoms with Crippen LogP contribution in [0.5, 0.6) is 0 Å². The summed E-state index contributed by atoms with van der Waals surface area (Å²) >= 11 is 1.74. The van der Waals surface area contributed by atoms with E-state index in [0.717, 1.165) is 63.8 Å². The van der Waals surface area contributed by atoms with Crippen molar-refractivity contribution in [3.63, 3.8) is 0 Å². The Labute approximate surface area is 161 Å². The van der Waals surface area contributed by atoms with Gasteiger partial charge in [0.15, 0.2) is 5.96 Å². The molecule has 3 heterocycles. The highest BCUT2D eigenvalue weighted by Gasteiger charge is 2.24. The summed E-state index contributed by atoms with van der Waals surface area (Å²) in [4.78, 5) is 11.5. The van der Waals surface area contributed by atoms with Crippen molar-refractivity contribution >= 4 is 17.3 Å². The van der Waals surface area contributed by atoms with E-state index in [9.17, 15) is 0 Å². The number of hydrogen-bond acceptors (Lipinski definition) is 5.